The van der Waals surface area contributed by atoms with E-state index in [0.717, 1.165) is 25.7 Å². The van der Waals surface area contributed by atoms with Crippen LogP contribution in [0.2, 0.25) is 0 Å². The normalized spacial score (nSPS) is 24.3. The second-order valence-corrected chi connectivity index (χ2v) is 15.2. The number of rotatable bonds is 14. The van der Waals surface area contributed by atoms with Gasteiger partial charge in [0, 0.05) is 0 Å². The number of nitrogen functional groups attached to an aromatic ring is 1. The van der Waals surface area contributed by atoms with Gasteiger partial charge < -0.3 is 29.2 Å². The monoisotopic (exact) mass is 715 g/mol. The highest BCUT2D eigenvalue weighted by Crippen LogP contribution is 2.50. The summed E-state index contributed by atoms with van der Waals surface area (Å²) in [5.41, 5.74) is 5.41. The van der Waals surface area contributed by atoms with Crippen molar-refractivity contribution in [1.82, 2.24) is 19.7 Å². The van der Waals surface area contributed by atoms with Gasteiger partial charge in [-0.2, -0.15) is 10.2 Å². The van der Waals surface area contributed by atoms with Gasteiger partial charge in [0.05, 0.1) is 24.1 Å². The van der Waals surface area contributed by atoms with E-state index in [2.05, 4.69) is 15.2 Å². The van der Waals surface area contributed by atoms with Crippen molar-refractivity contribution in [3.63, 3.8) is 0 Å². The summed E-state index contributed by atoms with van der Waals surface area (Å²) in [5, 5.41) is 7.03. The summed E-state index contributed by atoms with van der Waals surface area (Å²) in [6.07, 6.45) is 1.00. The number of para-hydroxylation sites is 1. The van der Waals surface area contributed by atoms with Crippen molar-refractivity contribution in [3.8, 4) is 5.75 Å². The molecule has 2 fully saturated rings. The maximum atomic E-state index is 14.5. The molecule has 2 aliphatic rings. The average Bonchev–Trinajstić information content (AvgIpc) is 3.80. The Bertz CT molecular complexity index is 1710. The standard InChI is InChI=1S/C34H46N5O10P/c1-20(2)31(40)46-28-27(25-16-17-26-30(35)36-19-37-39(25)26)48-34(6,29(28)47-32(41)21(3)4)18-44-50(43,49-24-14-8-7-9-15-24)38-22(5)33(42)45-23-12-10-11-13-23/h7-9,14-17,19-23,27-29H,10-13,18H2,1-6H3,(H,38,43)(H2,35,36,37)/t22-,27-,28-,29-,34+,50?/m0/s1. The molecule has 15 nitrogen and oxygen atoms in total. The molecule has 0 spiro atoms. The molecular formula is C34H46N5O10P. The summed E-state index contributed by atoms with van der Waals surface area (Å²) in [6, 6.07) is 10.6. The quantitative estimate of drug-likeness (QED) is 0.129. The lowest BCUT2D eigenvalue weighted by Gasteiger charge is -2.33. The molecule has 1 unspecified atom stereocenters. The van der Waals surface area contributed by atoms with E-state index in [0.29, 0.717) is 11.2 Å². The molecule has 2 aromatic heterocycles. The summed E-state index contributed by atoms with van der Waals surface area (Å²) in [5.74, 6) is -2.43. The van der Waals surface area contributed by atoms with Crippen LogP contribution in [0.5, 0.6) is 5.75 Å². The van der Waals surface area contributed by atoms with Gasteiger partial charge in [-0.1, -0.05) is 45.9 Å². The Kier molecular flexibility index (Phi) is 11.5. The van der Waals surface area contributed by atoms with E-state index in [9.17, 15) is 18.9 Å². The smallest absolute Gasteiger partial charge is 0.459 e. The number of ether oxygens (including phenoxy) is 4. The first-order valence-corrected chi connectivity index (χ1v) is 18.4. The lowest BCUT2D eigenvalue weighted by molar-refractivity contribution is -0.175. The SMILES string of the molecule is CC(C)C(=O)O[C@H]1[C@H](c2ccc3c(N)ncnn23)O[C@](C)(COP(=O)(N[C@@H](C)C(=O)OC2CCCC2)Oc2ccccc2)[C@H]1OC(=O)C(C)C. The van der Waals surface area contributed by atoms with Crippen LogP contribution < -0.4 is 15.3 Å². The van der Waals surface area contributed by atoms with Crippen molar-refractivity contribution in [2.75, 3.05) is 12.3 Å². The van der Waals surface area contributed by atoms with Crippen molar-refractivity contribution < 1.29 is 46.9 Å². The third-order valence-electron chi connectivity index (χ3n) is 8.62. The molecule has 6 atom stereocenters. The van der Waals surface area contributed by atoms with Crippen LogP contribution in [0, 0.1) is 11.8 Å². The second kappa shape index (κ2) is 15.5. The van der Waals surface area contributed by atoms with Gasteiger partial charge in [0.2, 0.25) is 0 Å². The number of esters is 3. The van der Waals surface area contributed by atoms with E-state index >= 15 is 0 Å². The van der Waals surface area contributed by atoms with Crippen LogP contribution in [0.3, 0.4) is 0 Å². The molecular weight excluding hydrogens is 669 g/mol. The van der Waals surface area contributed by atoms with E-state index in [1.165, 1.54) is 17.8 Å². The van der Waals surface area contributed by atoms with Gasteiger partial charge in [-0.05, 0) is 63.8 Å². The fraction of sp³-hybridized carbons (Fsp3) is 0.559. The minimum absolute atomic E-state index is 0.207. The molecule has 272 valence electrons. The minimum Gasteiger partial charge on any atom is -0.461 e. The average molecular weight is 716 g/mol. The molecule has 50 heavy (non-hydrogen) atoms. The van der Waals surface area contributed by atoms with Gasteiger partial charge in [0.1, 0.15) is 41.4 Å². The van der Waals surface area contributed by atoms with Crippen LogP contribution in [0.4, 0.5) is 5.82 Å². The number of carbonyl (C=O) groups excluding carboxylic acids is 3. The Hall–Kier alpha value is -4.04. The van der Waals surface area contributed by atoms with E-state index in [1.807, 2.05) is 0 Å². The number of nitrogens with one attached hydrogen (secondary N) is 1. The Morgan fingerprint density at radius 2 is 1.64 bits per heavy atom. The molecule has 3 aromatic rings. The van der Waals surface area contributed by atoms with E-state index < -0.39 is 74.1 Å². The van der Waals surface area contributed by atoms with Crippen molar-refractivity contribution in [3.05, 3.63) is 54.5 Å². The highest BCUT2D eigenvalue weighted by atomic mass is 31.2. The van der Waals surface area contributed by atoms with Crippen LogP contribution >= 0.6 is 7.75 Å². The molecule has 3 N–H and O–H groups in total. The summed E-state index contributed by atoms with van der Waals surface area (Å²) in [6.45, 7) is 9.27. The number of fused-ring (bicyclic) bond motifs is 1. The number of anilines is 1. The minimum atomic E-state index is -4.38. The molecule has 1 aliphatic heterocycles. The first-order valence-electron chi connectivity index (χ1n) is 16.8. The Morgan fingerprint density at radius 3 is 2.30 bits per heavy atom. The van der Waals surface area contributed by atoms with E-state index in [1.54, 1.807) is 77.1 Å². The topological polar surface area (TPSA) is 192 Å². The molecule has 0 amide bonds. The first kappa shape index (κ1) is 37.2. The number of hydrogen-bond donors (Lipinski definition) is 2. The Morgan fingerprint density at radius 1 is 0.980 bits per heavy atom. The predicted molar refractivity (Wildman–Crippen MR) is 181 cm³/mol. The molecule has 1 saturated carbocycles. The lowest BCUT2D eigenvalue weighted by atomic mass is 9.95. The largest absolute Gasteiger partial charge is 0.461 e. The highest BCUT2D eigenvalue weighted by molar-refractivity contribution is 7.52. The number of aromatic nitrogens is 3. The Labute approximate surface area is 291 Å². The van der Waals surface area contributed by atoms with Crippen molar-refractivity contribution >= 4 is 37.0 Å². The fourth-order valence-electron chi connectivity index (χ4n) is 5.80. The second-order valence-electron chi connectivity index (χ2n) is 13.5. The zero-order chi connectivity index (χ0) is 36.2. The number of carbonyl (C=O) groups is 3. The first-order chi connectivity index (χ1) is 23.7. The summed E-state index contributed by atoms with van der Waals surface area (Å²) in [7, 11) is -4.38. The van der Waals surface area contributed by atoms with Crippen molar-refractivity contribution in [2.24, 2.45) is 11.8 Å². The molecule has 0 radical (unpaired) electrons. The molecule has 1 aliphatic carbocycles. The molecule has 1 saturated heterocycles. The maximum absolute atomic E-state index is 14.5. The maximum Gasteiger partial charge on any atom is 0.459 e. The lowest BCUT2D eigenvalue weighted by Crippen LogP contribution is -2.49. The van der Waals surface area contributed by atoms with Gasteiger partial charge >= 0.3 is 25.7 Å². The van der Waals surface area contributed by atoms with E-state index in [4.69, 9.17) is 33.7 Å². The zero-order valence-corrected chi connectivity index (χ0v) is 30.0. The highest BCUT2D eigenvalue weighted by Gasteiger charge is 2.59. The van der Waals surface area contributed by atoms with Crippen LogP contribution in [0.15, 0.2) is 48.8 Å². The molecule has 0 bridgehead atoms. The number of hydrogen-bond acceptors (Lipinski definition) is 13. The van der Waals surface area contributed by atoms with E-state index in [-0.39, 0.29) is 17.7 Å². The molecule has 5 rings (SSSR count). The number of nitrogens with two attached hydrogens (primary N) is 1. The molecule has 3 heterocycles. The number of benzene rings is 1. The van der Waals surface area contributed by atoms with Crippen LogP contribution in [0.1, 0.15) is 79.0 Å². The fourth-order valence-corrected chi connectivity index (χ4v) is 7.38. The van der Waals surface area contributed by atoms with Crippen LogP contribution in [0.25, 0.3) is 5.52 Å². The molecule has 1 aromatic carbocycles. The van der Waals surface area contributed by atoms with Gasteiger partial charge in [-0.3, -0.25) is 18.9 Å². The van der Waals surface area contributed by atoms with Crippen molar-refractivity contribution in [2.45, 2.75) is 103 Å². The predicted octanol–water partition coefficient (Wildman–Crippen LogP) is 4.94. The van der Waals surface area contributed by atoms with Gasteiger partial charge in [0.15, 0.2) is 18.0 Å². The third kappa shape index (κ3) is 8.45. The summed E-state index contributed by atoms with van der Waals surface area (Å²) >= 11 is 0. The summed E-state index contributed by atoms with van der Waals surface area (Å²) in [4.78, 5) is 43.3. The van der Waals surface area contributed by atoms with Crippen molar-refractivity contribution in [1.29, 1.82) is 0 Å². The van der Waals surface area contributed by atoms with Crippen LogP contribution in [-0.4, -0.2) is 69.1 Å². The van der Waals surface area contributed by atoms with Gasteiger partial charge in [-0.25, -0.2) is 14.1 Å². The van der Waals surface area contributed by atoms with Gasteiger partial charge in [-0.15, -0.1) is 0 Å². The Balaban J connectivity index is 1.49. The third-order valence-corrected chi connectivity index (χ3v) is 10.2. The number of nitrogens with zero attached hydrogens (tertiary/aromatic N) is 3. The van der Waals surface area contributed by atoms with Crippen LogP contribution in [-0.2, 0) is 42.4 Å². The zero-order valence-electron chi connectivity index (χ0n) is 29.1. The summed E-state index contributed by atoms with van der Waals surface area (Å²) < 4.78 is 52.2. The molecule has 16 heteroatoms. The van der Waals surface area contributed by atoms with Gasteiger partial charge in [0.25, 0.3) is 0 Å².